The molecule has 0 heterocycles. The van der Waals surface area contributed by atoms with Gasteiger partial charge in [-0.1, -0.05) is 18.2 Å². The molecule has 0 amide bonds. The number of carbonyl (C=O) groups excluding carboxylic acids is 1. The highest BCUT2D eigenvalue weighted by Crippen LogP contribution is 2.21. The number of ketones is 1. The van der Waals surface area contributed by atoms with Crippen LogP contribution in [0.1, 0.15) is 21.5 Å². The Morgan fingerprint density at radius 3 is 2.48 bits per heavy atom. The molecule has 0 aromatic heterocycles. The molecule has 0 unspecified atom stereocenters. The molecule has 1 N–H and O–H groups in total. The minimum atomic E-state index is -1.00. The van der Waals surface area contributed by atoms with E-state index in [0.717, 1.165) is 0 Å². The number of halogens is 1. The lowest BCUT2D eigenvalue weighted by molar-refractivity contribution is -0.136. The molecule has 0 bridgehead atoms. The van der Waals surface area contributed by atoms with E-state index in [1.807, 2.05) is 0 Å². The number of hydrogen-bond acceptors (Lipinski definition) is 3. The molecule has 2 rings (SSSR count). The first-order valence-corrected chi connectivity index (χ1v) is 6.86. The molecule has 0 aliphatic carbocycles. The van der Waals surface area contributed by atoms with Gasteiger partial charge < -0.3 is 9.84 Å². The second-order valence-corrected chi connectivity index (χ2v) is 4.85. The molecule has 0 aliphatic rings. The maximum absolute atomic E-state index is 12.8. The van der Waals surface area contributed by atoms with Crippen LogP contribution in [-0.2, 0) is 11.2 Å². The lowest BCUT2D eigenvalue weighted by atomic mass is 10.0. The van der Waals surface area contributed by atoms with Crippen LogP contribution in [0.2, 0.25) is 0 Å². The van der Waals surface area contributed by atoms with Crippen LogP contribution in [0.4, 0.5) is 4.39 Å². The van der Waals surface area contributed by atoms with E-state index in [1.54, 1.807) is 30.3 Å². The van der Waals surface area contributed by atoms with Crippen molar-refractivity contribution < 1.29 is 23.8 Å². The zero-order valence-electron chi connectivity index (χ0n) is 12.5. The first kappa shape index (κ1) is 16.4. The standard InChI is InChI=1S/C18H15FO4/c1-23-17-9-5-13(10-14(17)11-18(21)22)16(20)8-4-12-2-6-15(19)7-3-12/h2-10H,11H2,1H3,(H,21,22). The number of aliphatic carboxylic acids is 1. The van der Waals surface area contributed by atoms with Gasteiger partial charge in [-0.3, -0.25) is 9.59 Å². The number of rotatable bonds is 6. The summed E-state index contributed by atoms with van der Waals surface area (Å²) in [7, 11) is 1.44. The molecule has 118 valence electrons. The number of carboxylic acid groups (broad SMARTS) is 1. The Morgan fingerprint density at radius 2 is 1.87 bits per heavy atom. The van der Waals surface area contributed by atoms with Gasteiger partial charge in [-0.25, -0.2) is 4.39 Å². The lowest BCUT2D eigenvalue weighted by Gasteiger charge is -2.07. The first-order valence-electron chi connectivity index (χ1n) is 6.86. The largest absolute Gasteiger partial charge is 0.496 e. The number of carbonyl (C=O) groups is 2. The highest BCUT2D eigenvalue weighted by molar-refractivity contribution is 6.07. The molecule has 0 radical (unpaired) electrons. The van der Waals surface area contributed by atoms with E-state index >= 15 is 0 Å². The summed E-state index contributed by atoms with van der Waals surface area (Å²) in [6.45, 7) is 0. The SMILES string of the molecule is COc1ccc(C(=O)C=Cc2ccc(F)cc2)cc1CC(=O)O. The molecular formula is C18H15FO4. The minimum absolute atomic E-state index is 0.230. The molecule has 4 nitrogen and oxygen atoms in total. The highest BCUT2D eigenvalue weighted by atomic mass is 19.1. The predicted molar refractivity (Wildman–Crippen MR) is 84.1 cm³/mol. The summed E-state index contributed by atoms with van der Waals surface area (Å²) < 4.78 is 17.9. The predicted octanol–water partition coefficient (Wildman–Crippen LogP) is 3.36. The van der Waals surface area contributed by atoms with Gasteiger partial charge in [0.2, 0.25) is 0 Å². The van der Waals surface area contributed by atoms with E-state index in [-0.39, 0.29) is 18.0 Å². The average molecular weight is 314 g/mol. The fourth-order valence-electron chi connectivity index (χ4n) is 2.07. The topological polar surface area (TPSA) is 63.6 Å². The van der Waals surface area contributed by atoms with Gasteiger partial charge >= 0.3 is 5.97 Å². The maximum atomic E-state index is 12.8. The molecule has 0 atom stereocenters. The van der Waals surface area contributed by atoms with Crippen molar-refractivity contribution in [1.82, 2.24) is 0 Å². The summed E-state index contributed by atoms with van der Waals surface area (Å²) in [5, 5.41) is 8.91. The summed E-state index contributed by atoms with van der Waals surface area (Å²) in [5.74, 6) is -1.20. The fraction of sp³-hybridized carbons (Fsp3) is 0.111. The molecule has 0 saturated heterocycles. The van der Waals surface area contributed by atoms with Crippen LogP contribution in [0.15, 0.2) is 48.5 Å². The summed E-state index contributed by atoms with van der Waals surface area (Å²) in [5.41, 5.74) is 1.49. The minimum Gasteiger partial charge on any atom is -0.496 e. The third-order valence-electron chi connectivity index (χ3n) is 3.20. The van der Waals surface area contributed by atoms with Gasteiger partial charge in [0, 0.05) is 11.1 Å². The van der Waals surface area contributed by atoms with Crippen molar-refractivity contribution >= 4 is 17.8 Å². The smallest absolute Gasteiger partial charge is 0.307 e. The molecule has 0 fully saturated rings. The van der Waals surface area contributed by atoms with Crippen LogP contribution in [0.25, 0.3) is 6.08 Å². The molecule has 2 aromatic rings. The zero-order valence-corrected chi connectivity index (χ0v) is 12.5. The first-order chi connectivity index (χ1) is 11.0. The Labute approximate surface area is 132 Å². The van der Waals surface area contributed by atoms with Gasteiger partial charge in [0.1, 0.15) is 11.6 Å². The fourth-order valence-corrected chi connectivity index (χ4v) is 2.07. The van der Waals surface area contributed by atoms with Crippen LogP contribution in [-0.4, -0.2) is 24.0 Å². The molecule has 0 aliphatic heterocycles. The van der Waals surface area contributed by atoms with Crippen LogP contribution in [0.5, 0.6) is 5.75 Å². The number of carboxylic acids is 1. The zero-order chi connectivity index (χ0) is 16.8. The van der Waals surface area contributed by atoms with Crippen molar-refractivity contribution in [3.8, 4) is 5.75 Å². The van der Waals surface area contributed by atoms with Crippen LogP contribution in [0, 0.1) is 5.82 Å². The van der Waals surface area contributed by atoms with Crippen molar-refractivity contribution in [2.24, 2.45) is 0 Å². The van der Waals surface area contributed by atoms with Crippen LogP contribution in [0.3, 0.4) is 0 Å². The van der Waals surface area contributed by atoms with Crippen molar-refractivity contribution in [2.75, 3.05) is 7.11 Å². The normalized spacial score (nSPS) is 10.7. The van der Waals surface area contributed by atoms with Gasteiger partial charge in [0.15, 0.2) is 5.78 Å². The van der Waals surface area contributed by atoms with E-state index in [4.69, 9.17) is 9.84 Å². The van der Waals surface area contributed by atoms with Gasteiger partial charge in [0.25, 0.3) is 0 Å². The van der Waals surface area contributed by atoms with Gasteiger partial charge in [0.05, 0.1) is 13.5 Å². The maximum Gasteiger partial charge on any atom is 0.307 e. The molecule has 5 heteroatoms. The Balaban J connectivity index is 2.21. The van der Waals surface area contributed by atoms with Gasteiger partial charge in [-0.15, -0.1) is 0 Å². The monoisotopic (exact) mass is 314 g/mol. The number of ether oxygens (including phenoxy) is 1. The van der Waals surface area contributed by atoms with Crippen molar-refractivity contribution in [2.45, 2.75) is 6.42 Å². The summed E-state index contributed by atoms with van der Waals surface area (Å²) in [6, 6.07) is 10.4. The van der Waals surface area contributed by atoms with Crippen LogP contribution < -0.4 is 4.74 Å². The summed E-state index contributed by atoms with van der Waals surface area (Å²) in [6.07, 6.45) is 2.70. The molecule has 0 saturated carbocycles. The number of allylic oxidation sites excluding steroid dienone is 1. The Morgan fingerprint density at radius 1 is 1.17 bits per heavy atom. The van der Waals surface area contributed by atoms with Crippen LogP contribution >= 0.6 is 0 Å². The second-order valence-electron chi connectivity index (χ2n) is 4.85. The van der Waals surface area contributed by atoms with Crippen molar-refractivity contribution in [3.05, 3.63) is 71.0 Å². The third-order valence-corrected chi connectivity index (χ3v) is 3.20. The molecule has 23 heavy (non-hydrogen) atoms. The van der Waals surface area contributed by atoms with E-state index in [1.165, 1.54) is 31.4 Å². The van der Waals surface area contributed by atoms with Gasteiger partial charge in [-0.2, -0.15) is 0 Å². The van der Waals surface area contributed by atoms with E-state index in [9.17, 15) is 14.0 Å². The third kappa shape index (κ3) is 4.51. The van der Waals surface area contributed by atoms with E-state index < -0.39 is 5.97 Å². The van der Waals surface area contributed by atoms with E-state index in [2.05, 4.69) is 0 Å². The summed E-state index contributed by atoms with van der Waals surface area (Å²) >= 11 is 0. The number of benzene rings is 2. The highest BCUT2D eigenvalue weighted by Gasteiger charge is 2.11. The summed E-state index contributed by atoms with van der Waals surface area (Å²) in [4.78, 5) is 23.0. The quantitative estimate of drug-likeness (QED) is 0.656. The molecule has 0 spiro atoms. The second kappa shape index (κ2) is 7.35. The number of methoxy groups -OCH3 is 1. The molecular weight excluding hydrogens is 299 g/mol. The average Bonchev–Trinajstić information content (AvgIpc) is 2.53. The number of hydrogen-bond donors (Lipinski definition) is 1. The Kier molecular flexibility index (Phi) is 5.25. The van der Waals surface area contributed by atoms with Crippen molar-refractivity contribution in [3.63, 3.8) is 0 Å². The Hall–Kier alpha value is -2.95. The van der Waals surface area contributed by atoms with Crippen molar-refractivity contribution in [1.29, 1.82) is 0 Å². The lowest BCUT2D eigenvalue weighted by Crippen LogP contribution is -2.04. The Bertz CT molecular complexity index is 748. The molecule has 2 aromatic carbocycles. The van der Waals surface area contributed by atoms with E-state index in [0.29, 0.717) is 22.4 Å². The van der Waals surface area contributed by atoms with Gasteiger partial charge in [-0.05, 0) is 42.0 Å².